The van der Waals surface area contributed by atoms with Crippen molar-refractivity contribution < 1.29 is 34.0 Å². The van der Waals surface area contributed by atoms with Crippen LogP contribution in [-0.4, -0.2) is 48.3 Å². The molecule has 0 aromatic heterocycles. The number of aliphatic hydroxyl groups excluding tert-OH is 1. The van der Waals surface area contributed by atoms with E-state index in [1.807, 2.05) is 12.1 Å². The average Bonchev–Trinajstić information content (AvgIpc) is 2.96. The highest BCUT2D eigenvalue weighted by molar-refractivity contribution is 5.68. The van der Waals surface area contributed by atoms with Crippen LogP contribution in [0.2, 0.25) is 0 Å². The molecule has 0 saturated heterocycles. The fraction of sp³-hybridized carbons (Fsp3) is 0.619. The van der Waals surface area contributed by atoms with Crippen LogP contribution >= 0.6 is 0 Å². The van der Waals surface area contributed by atoms with Crippen molar-refractivity contribution in [2.75, 3.05) is 19.8 Å². The van der Waals surface area contributed by atoms with Gasteiger partial charge in [-0.2, -0.15) is 0 Å². The van der Waals surface area contributed by atoms with Gasteiger partial charge in [0.1, 0.15) is 5.75 Å². The van der Waals surface area contributed by atoms with E-state index in [1.165, 1.54) is 5.56 Å². The number of hydrogen-bond acceptors (Lipinski definition) is 6. The quantitative estimate of drug-likeness (QED) is 0.518. The summed E-state index contributed by atoms with van der Waals surface area (Å²) in [5.41, 5.74) is 2.24. The Kier molecular flexibility index (Phi) is 6.78. The van der Waals surface area contributed by atoms with Crippen molar-refractivity contribution in [3.8, 4) is 5.75 Å². The molecule has 1 aromatic carbocycles. The molecule has 2 N–H and O–H groups in total. The lowest BCUT2D eigenvalue weighted by Crippen LogP contribution is -2.27. The summed E-state index contributed by atoms with van der Waals surface area (Å²) in [6, 6.07) is 5.77. The molecule has 0 bridgehead atoms. The molecule has 1 aromatic rings. The Morgan fingerprint density at radius 1 is 1.21 bits per heavy atom. The Labute approximate surface area is 164 Å². The molecule has 28 heavy (non-hydrogen) atoms. The topological polar surface area (TPSA) is 102 Å². The van der Waals surface area contributed by atoms with Gasteiger partial charge < -0.3 is 24.4 Å². The van der Waals surface area contributed by atoms with Gasteiger partial charge in [-0.05, 0) is 74.0 Å². The fourth-order valence-electron chi connectivity index (χ4n) is 4.71. The van der Waals surface area contributed by atoms with Crippen LogP contribution in [0, 0.1) is 17.8 Å². The van der Waals surface area contributed by atoms with Gasteiger partial charge in [0.25, 0.3) is 0 Å². The minimum Gasteiger partial charge on any atom is -0.482 e. The number of hydrogen-bond donors (Lipinski definition) is 2. The van der Waals surface area contributed by atoms with E-state index < -0.39 is 12.1 Å². The maximum Gasteiger partial charge on any atom is 0.508 e. The van der Waals surface area contributed by atoms with Crippen LogP contribution in [0.15, 0.2) is 18.2 Å². The summed E-state index contributed by atoms with van der Waals surface area (Å²) < 4.78 is 15.2. The van der Waals surface area contributed by atoms with E-state index in [1.54, 1.807) is 6.92 Å². The van der Waals surface area contributed by atoms with Gasteiger partial charge in [-0.3, -0.25) is 0 Å². The number of benzene rings is 1. The smallest absolute Gasteiger partial charge is 0.482 e. The lowest BCUT2D eigenvalue weighted by Gasteiger charge is -2.32. The van der Waals surface area contributed by atoms with E-state index in [-0.39, 0.29) is 18.6 Å². The normalized spacial score (nSPS) is 25.5. The molecule has 1 unspecified atom stereocenters. The Hall–Kier alpha value is -2.28. The number of ether oxygens (including phenoxy) is 3. The van der Waals surface area contributed by atoms with Gasteiger partial charge in [-0.1, -0.05) is 12.1 Å². The van der Waals surface area contributed by atoms with Crippen molar-refractivity contribution in [2.45, 2.75) is 45.1 Å². The van der Waals surface area contributed by atoms with Gasteiger partial charge in [-0.25, -0.2) is 9.59 Å². The second kappa shape index (κ2) is 9.28. The molecule has 4 atom stereocenters. The molecule has 1 saturated carbocycles. The van der Waals surface area contributed by atoms with Gasteiger partial charge in [0.2, 0.25) is 0 Å². The predicted octanol–water partition coefficient (Wildman–Crippen LogP) is 2.82. The number of carboxylic acids is 1. The first-order valence-electron chi connectivity index (χ1n) is 9.92. The SMILES string of the molecule is CCOC(=O)OCCC[C@H]1[C@H](O)CC2Cc3c(cccc3OCC(=O)O)C[C@@H]21. The summed E-state index contributed by atoms with van der Waals surface area (Å²) in [5.74, 6) is 0.548. The number of rotatable bonds is 8. The third-order valence-electron chi connectivity index (χ3n) is 5.86. The van der Waals surface area contributed by atoms with Crippen molar-refractivity contribution in [3.63, 3.8) is 0 Å². The maximum atomic E-state index is 11.3. The van der Waals surface area contributed by atoms with Crippen LogP contribution in [0.5, 0.6) is 5.75 Å². The highest BCUT2D eigenvalue weighted by Crippen LogP contribution is 2.48. The average molecular weight is 392 g/mol. The molecule has 1 fully saturated rings. The van der Waals surface area contributed by atoms with Crippen molar-refractivity contribution in [1.82, 2.24) is 0 Å². The first-order chi connectivity index (χ1) is 13.5. The Morgan fingerprint density at radius 2 is 2.04 bits per heavy atom. The molecular formula is C21H28O7. The van der Waals surface area contributed by atoms with Crippen molar-refractivity contribution in [3.05, 3.63) is 29.3 Å². The number of fused-ring (bicyclic) bond motifs is 2. The minimum atomic E-state index is -0.993. The largest absolute Gasteiger partial charge is 0.508 e. The zero-order valence-corrected chi connectivity index (χ0v) is 16.1. The van der Waals surface area contributed by atoms with E-state index in [2.05, 4.69) is 6.07 Å². The van der Waals surface area contributed by atoms with Crippen LogP contribution in [0.4, 0.5) is 4.79 Å². The summed E-state index contributed by atoms with van der Waals surface area (Å²) in [5, 5.41) is 19.5. The fourth-order valence-corrected chi connectivity index (χ4v) is 4.71. The van der Waals surface area contributed by atoms with Crippen molar-refractivity contribution >= 4 is 12.1 Å². The lowest BCUT2D eigenvalue weighted by atomic mass is 9.73. The number of carboxylic acid groups (broad SMARTS) is 1. The monoisotopic (exact) mass is 392 g/mol. The first kappa shape index (κ1) is 20.5. The molecule has 7 heteroatoms. The summed E-state index contributed by atoms with van der Waals surface area (Å²) in [6.45, 7) is 1.97. The lowest BCUT2D eigenvalue weighted by molar-refractivity contribution is -0.139. The molecule has 0 aliphatic heterocycles. The van der Waals surface area contributed by atoms with Crippen LogP contribution in [-0.2, 0) is 27.1 Å². The minimum absolute atomic E-state index is 0.174. The van der Waals surface area contributed by atoms with E-state index in [0.717, 1.165) is 31.2 Å². The second-order valence-corrected chi connectivity index (χ2v) is 7.55. The molecule has 0 heterocycles. The molecule has 2 aliphatic rings. The number of aliphatic hydroxyl groups is 1. The first-order valence-corrected chi connectivity index (χ1v) is 9.92. The molecule has 0 spiro atoms. The highest BCUT2D eigenvalue weighted by Gasteiger charge is 2.44. The zero-order valence-electron chi connectivity index (χ0n) is 16.1. The van der Waals surface area contributed by atoms with E-state index in [9.17, 15) is 14.7 Å². The second-order valence-electron chi connectivity index (χ2n) is 7.55. The van der Waals surface area contributed by atoms with Gasteiger partial charge in [0.05, 0.1) is 19.3 Å². The zero-order chi connectivity index (χ0) is 20.1. The van der Waals surface area contributed by atoms with Crippen LogP contribution in [0.1, 0.15) is 37.3 Å². The van der Waals surface area contributed by atoms with Gasteiger partial charge in [0.15, 0.2) is 6.61 Å². The predicted molar refractivity (Wildman–Crippen MR) is 100 cm³/mol. The van der Waals surface area contributed by atoms with Gasteiger partial charge in [0, 0.05) is 0 Å². The number of carbonyl (C=O) groups excluding carboxylic acids is 1. The van der Waals surface area contributed by atoms with Gasteiger partial charge >= 0.3 is 12.1 Å². The molecular weight excluding hydrogens is 364 g/mol. The van der Waals surface area contributed by atoms with E-state index >= 15 is 0 Å². The standard InChI is InChI=1S/C21H28O7/c1-2-26-21(25)27-8-4-6-15-16-9-13-5-3-7-19(28-12-20(23)24)17(13)10-14(16)11-18(15)22/h3,5,7,14-16,18,22H,2,4,6,8-12H2,1H3,(H,23,24)/t14?,15-,16+,18-/m1/s1. The summed E-state index contributed by atoms with van der Waals surface area (Å²) in [4.78, 5) is 22.1. The molecule has 0 amide bonds. The molecule has 3 rings (SSSR count). The molecule has 0 radical (unpaired) electrons. The number of aliphatic carboxylic acids is 1. The van der Waals surface area contributed by atoms with Crippen LogP contribution < -0.4 is 4.74 Å². The Balaban J connectivity index is 1.60. The molecule has 2 aliphatic carbocycles. The number of carbonyl (C=O) groups is 2. The Bertz CT molecular complexity index is 702. The summed E-state index contributed by atoms with van der Waals surface area (Å²) in [6.07, 6.45) is 2.86. The summed E-state index contributed by atoms with van der Waals surface area (Å²) >= 11 is 0. The molecule has 154 valence electrons. The van der Waals surface area contributed by atoms with E-state index in [4.69, 9.17) is 19.3 Å². The van der Waals surface area contributed by atoms with Gasteiger partial charge in [-0.15, -0.1) is 0 Å². The van der Waals surface area contributed by atoms with Crippen LogP contribution in [0.3, 0.4) is 0 Å². The van der Waals surface area contributed by atoms with Crippen LogP contribution in [0.25, 0.3) is 0 Å². The summed E-state index contributed by atoms with van der Waals surface area (Å²) in [7, 11) is 0. The van der Waals surface area contributed by atoms with Crippen molar-refractivity contribution in [1.29, 1.82) is 0 Å². The highest BCUT2D eigenvalue weighted by atomic mass is 16.7. The Morgan fingerprint density at radius 3 is 2.79 bits per heavy atom. The van der Waals surface area contributed by atoms with E-state index in [0.29, 0.717) is 37.2 Å². The molecule has 7 nitrogen and oxygen atoms in total. The maximum absolute atomic E-state index is 11.3. The third-order valence-corrected chi connectivity index (χ3v) is 5.86. The van der Waals surface area contributed by atoms with Crippen molar-refractivity contribution in [2.24, 2.45) is 17.8 Å². The third kappa shape index (κ3) is 4.76.